The fraction of sp³-hybridized carbons (Fsp3) is 0.269. The molecule has 1 aliphatic rings. The van der Waals surface area contributed by atoms with E-state index in [1.54, 1.807) is 31.2 Å². The summed E-state index contributed by atoms with van der Waals surface area (Å²) in [5, 5.41) is 4.57. The molecule has 1 amide bonds. The van der Waals surface area contributed by atoms with Crippen molar-refractivity contribution in [2.75, 3.05) is 10.2 Å². The first-order valence-corrected chi connectivity index (χ1v) is 11.9. The van der Waals surface area contributed by atoms with Gasteiger partial charge in [0.05, 0.1) is 6.04 Å². The lowest BCUT2D eigenvalue weighted by Crippen LogP contribution is -2.35. The SMILES string of the molecule is Cc1nc(N[C@@H](C)c2cc3cc(Cl)ccc3[nH]c2=O)nc(N2C(=O)OC(C)(C)[C@@H]2c2ccccc2)n1. The van der Waals surface area contributed by atoms with E-state index in [1.807, 2.05) is 51.1 Å². The lowest BCUT2D eigenvalue weighted by Gasteiger charge is -2.28. The number of benzene rings is 2. The van der Waals surface area contributed by atoms with Gasteiger partial charge >= 0.3 is 6.09 Å². The Morgan fingerprint density at radius 2 is 1.83 bits per heavy atom. The molecule has 2 aromatic heterocycles. The van der Waals surface area contributed by atoms with Gasteiger partial charge in [-0.2, -0.15) is 15.0 Å². The fourth-order valence-corrected chi connectivity index (χ4v) is 4.74. The van der Waals surface area contributed by atoms with Crippen molar-refractivity contribution in [2.45, 2.75) is 45.4 Å². The number of rotatable bonds is 5. The lowest BCUT2D eigenvalue weighted by molar-refractivity contribution is 0.0685. The van der Waals surface area contributed by atoms with Crippen LogP contribution < -0.4 is 15.8 Å². The number of amides is 1. The Morgan fingerprint density at radius 3 is 2.58 bits per heavy atom. The molecular formula is C26H25ClN6O3. The normalized spacial score (nSPS) is 17.8. The molecule has 0 unspecified atom stereocenters. The molecule has 2 atom stereocenters. The minimum absolute atomic E-state index is 0.167. The predicted molar refractivity (Wildman–Crippen MR) is 138 cm³/mol. The van der Waals surface area contributed by atoms with E-state index in [4.69, 9.17) is 16.3 Å². The Balaban J connectivity index is 1.50. The number of cyclic esters (lactones) is 1. The monoisotopic (exact) mass is 504 g/mol. The summed E-state index contributed by atoms with van der Waals surface area (Å²) < 4.78 is 5.69. The van der Waals surface area contributed by atoms with Crippen LogP contribution in [0.25, 0.3) is 10.9 Å². The maximum Gasteiger partial charge on any atom is 0.418 e. The molecule has 4 aromatic rings. The minimum Gasteiger partial charge on any atom is -0.440 e. The molecule has 184 valence electrons. The average molecular weight is 505 g/mol. The van der Waals surface area contributed by atoms with Gasteiger partial charge in [0.1, 0.15) is 17.5 Å². The van der Waals surface area contributed by atoms with Crippen LogP contribution in [0.5, 0.6) is 0 Å². The Labute approximate surface area is 212 Å². The molecule has 0 saturated carbocycles. The molecule has 0 bridgehead atoms. The number of nitrogens with one attached hydrogen (secondary N) is 2. The number of H-pyrrole nitrogens is 1. The third kappa shape index (κ3) is 4.37. The molecule has 0 spiro atoms. The zero-order valence-electron chi connectivity index (χ0n) is 20.2. The first-order valence-electron chi connectivity index (χ1n) is 11.5. The summed E-state index contributed by atoms with van der Waals surface area (Å²) in [6.45, 7) is 7.27. The number of hydrogen-bond acceptors (Lipinski definition) is 7. The lowest BCUT2D eigenvalue weighted by atomic mass is 9.92. The molecule has 1 saturated heterocycles. The first kappa shape index (κ1) is 23.7. The number of carbonyl (C=O) groups excluding carboxylic acids is 1. The molecule has 9 nitrogen and oxygen atoms in total. The number of anilines is 2. The van der Waals surface area contributed by atoms with Crippen molar-refractivity contribution in [3.05, 3.63) is 86.9 Å². The first-order chi connectivity index (χ1) is 17.1. The number of ether oxygens (including phenoxy) is 1. The number of carbonyl (C=O) groups is 1. The van der Waals surface area contributed by atoms with Gasteiger partial charge in [0.15, 0.2) is 0 Å². The zero-order valence-corrected chi connectivity index (χ0v) is 21.0. The molecule has 5 rings (SSSR count). The van der Waals surface area contributed by atoms with Crippen molar-refractivity contribution in [1.82, 2.24) is 19.9 Å². The quantitative estimate of drug-likeness (QED) is 0.378. The summed E-state index contributed by atoms with van der Waals surface area (Å²) in [7, 11) is 0. The molecule has 2 aromatic carbocycles. The topological polar surface area (TPSA) is 113 Å². The predicted octanol–water partition coefficient (Wildman–Crippen LogP) is 5.32. The van der Waals surface area contributed by atoms with E-state index >= 15 is 0 Å². The van der Waals surface area contributed by atoms with Crippen molar-refractivity contribution in [3.8, 4) is 0 Å². The highest BCUT2D eigenvalue weighted by Gasteiger charge is 2.50. The second-order valence-electron chi connectivity index (χ2n) is 9.31. The molecule has 2 N–H and O–H groups in total. The van der Waals surface area contributed by atoms with Gasteiger partial charge in [-0.3, -0.25) is 4.79 Å². The maximum absolute atomic E-state index is 13.0. The van der Waals surface area contributed by atoms with Gasteiger partial charge < -0.3 is 15.0 Å². The number of aromatic amines is 1. The minimum atomic E-state index is -0.806. The summed E-state index contributed by atoms with van der Waals surface area (Å²) in [5.74, 6) is 0.818. The van der Waals surface area contributed by atoms with E-state index in [1.165, 1.54) is 4.90 Å². The number of hydrogen-bond donors (Lipinski definition) is 2. The molecule has 36 heavy (non-hydrogen) atoms. The van der Waals surface area contributed by atoms with Crippen molar-refractivity contribution in [3.63, 3.8) is 0 Å². The fourth-order valence-electron chi connectivity index (χ4n) is 4.56. The van der Waals surface area contributed by atoms with Crippen LogP contribution >= 0.6 is 11.6 Å². The molecule has 1 fully saturated rings. The van der Waals surface area contributed by atoms with Crippen LogP contribution in [0.1, 0.15) is 49.8 Å². The van der Waals surface area contributed by atoms with Crippen LogP contribution in [0, 0.1) is 6.92 Å². The van der Waals surface area contributed by atoms with Gasteiger partial charge in [-0.15, -0.1) is 0 Å². The van der Waals surface area contributed by atoms with E-state index < -0.39 is 23.8 Å². The number of halogens is 1. The molecule has 0 aliphatic carbocycles. The Morgan fingerprint density at radius 1 is 1.08 bits per heavy atom. The van der Waals surface area contributed by atoms with Crippen LogP contribution in [0.15, 0.2) is 59.4 Å². The van der Waals surface area contributed by atoms with Crippen LogP contribution in [-0.2, 0) is 4.74 Å². The van der Waals surface area contributed by atoms with Crippen molar-refractivity contribution >= 4 is 40.5 Å². The van der Waals surface area contributed by atoms with Gasteiger partial charge in [-0.05, 0) is 57.5 Å². The van der Waals surface area contributed by atoms with E-state index in [0.717, 1.165) is 10.9 Å². The van der Waals surface area contributed by atoms with Gasteiger partial charge in [0.25, 0.3) is 5.56 Å². The number of pyridine rings is 1. The van der Waals surface area contributed by atoms with Crippen LogP contribution in [0.2, 0.25) is 5.02 Å². The summed E-state index contributed by atoms with van der Waals surface area (Å²) in [5.41, 5.74) is 1.05. The molecule has 3 heterocycles. The average Bonchev–Trinajstić information content (AvgIpc) is 3.07. The van der Waals surface area contributed by atoms with E-state index in [9.17, 15) is 9.59 Å². The van der Waals surface area contributed by atoms with Crippen molar-refractivity contribution in [1.29, 1.82) is 0 Å². The maximum atomic E-state index is 13.0. The number of nitrogens with zero attached hydrogens (tertiary/aromatic N) is 4. The molecule has 0 radical (unpaired) electrons. The zero-order chi connectivity index (χ0) is 25.6. The Bertz CT molecular complexity index is 1520. The largest absolute Gasteiger partial charge is 0.440 e. The highest BCUT2D eigenvalue weighted by Crippen LogP contribution is 2.42. The highest BCUT2D eigenvalue weighted by molar-refractivity contribution is 6.31. The summed E-state index contributed by atoms with van der Waals surface area (Å²) in [6.07, 6.45) is -0.540. The number of aromatic nitrogens is 4. The third-order valence-corrected chi connectivity index (χ3v) is 6.41. The second-order valence-corrected chi connectivity index (χ2v) is 9.75. The van der Waals surface area contributed by atoms with E-state index in [2.05, 4.69) is 25.3 Å². The Kier molecular flexibility index (Phi) is 5.88. The highest BCUT2D eigenvalue weighted by atomic mass is 35.5. The van der Waals surface area contributed by atoms with Gasteiger partial charge in [0, 0.05) is 21.5 Å². The van der Waals surface area contributed by atoms with Crippen molar-refractivity contribution in [2.24, 2.45) is 0 Å². The van der Waals surface area contributed by atoms with Gasteiger partial charge in [-0.1, -0.05) is 41.9 Å². The van der Waals surface area contributed by atoms with Crippen molar-refractivity contribution < 1.29 is 9.53 Å². The van der Waals surface area contributed by atoms with E-state index in [-0.39, 0.29) is 17.5 Å². The molecule has 1 aliphatic heterocycles. The number of fused-ring (bicyclic) bond motifs is 1. The second kappa shape index (κ2) is 8.91. The summed E-state index contributed by atoms with van der Waals surface area (Å²) in [4.78, 5) is 43.4. The molecular weight excluding hydrogens is 480 g/mol. The third-order valence-electron chi connectivity index (χ3n) is 6.18. The van der Waals surface area contributed by atoms with Gasteiger partial charge in [0.2, 0.25) is 11.9 Å². The van der Waals surface area contributed by atoms with Crippen LogP contribution in [0.3, 0.4) is 0 Å². The number of aryl methyl sites for hydroxylation is 1. The van der Waals surface area contributed by atoms with E-state index in [0.29, 0.717) is 21.9 Å². The summed E-state index contributed by atoms with van der Waals surface area (Å²) >= 11 is 6.13. The Hall–Kier alpha value is -3.98. The smallest absolute Gasteiger partial charge is 0.418 e. The summed E-state index contributed by atoms with van der Waals surface area (Å²) in [6, 6.07) is 15.8. The molecule has 10 heteroatoms. The standard InChI is InChI=1S/C26H25ClN6O3/c1-14(19-13-17-12-18(27)10-11-20(17)31-22(19)34)28-23-29-15(2)30-24(32-23)33-21(16-8-6-5-7-9-16)26(3,4)36-25(33)35/h5-14,21H,1-4H3,(H,31,34)(H,28,29,30,32)/t14-,21-/m0/s1. The van der Waals surface area contributed by atoms with Gasteiger partial charge in [-0.25, -0.2) is 9.69 Å². The van der Waals surface area contributed by atoms with Crippen LogP contribution in [0.4, 0.5) is 16.7 Å². The van der Waals surface area contributed by atoms with Crippen LogP contribution in [-0.4, -0.2) is 31.6 Å².